The Hall–Kier alpha value is -1.71. The lowest BCUT2D eigenvalue weighted by molar-refractivity contribution is -0.0662. The molecule has 5 aliphatic rings. The number of anilines is 1. The first-order valence-electron chi connectivity index (χ1n) is 13.7. The highest BCUT2D eigenvalue weighted by Gasteiger charge is 2.56. The number of nitrogens with zero attached hydrogens (tertiary/aromatic N) is 4. The lowest BCUT2D eigenvalue weighted by Gasteiger charge is -2.61. The lowest BCUT2D eigenvalue weighted by Crippen LogP contribution is -2.63. The van der Waals surface area contributed by atoms with E-state index in [1.54, 1.807) is 0 Å². The summed E-state index contributed by atoms with van der Waals surface area (Å²) < 4.78 is 30.2. The molecule has 1 saturated heterocycles. The summed E-state index contributed by atoms with van der Waals surface area (Å²) in [6.45, 7) is 1.81. The van der Waals surface area contributed by atoms with Crippen molar-refractivity contribution in [2.24, 2.45) is 17.3 Å². The minimum absolute atomic E-state index is 0.0436. The van der Waals surface area contributed by atoms with Crippen LogP contribution in [0.2, 0.25) is 5.28 Å². The Balaban J connectivity index is 1.17. The van der Waals surface area contributed by atoms with Crippen molar-refractivity contribution < 1.29 is 43.6 Å². The fourth-order valence-corrected chi connectivity index (χ4v) is 11.1. The number of fused-ring (bicyclic) bond motifs is 1. The van der Waals surface area contributed by atoms with E-state index in [2.05, 4.69) is 37.6 Å². The molecule has 8 N–H and O–H groups in total. The van der Waals surface area contributed by atoms with Gasteiger partial charge in [-0.3, -0.25) is 19.0 Å². The van der Waals surface area contributed by atoms with Crippen molar-refractivity contribution in [3.05, 3.63) is 11.6 Å². The Morgan fingerprint density at radius 2 is 1.83 bits per heavy atom. The zero-order valence-corrected chi connectivity index (χ0v) is 25.2. The molecule has 0 aromatic carbocycles. The second kappa shape index (κ2) is 10.4. The van der Waals surface area contributed by atoms with Crippen LogP contribution < -0.4 is 15.7 Å². The Bertz CT molecular complexity index is 1490. The molecule has 42 heavy (non-hydrogen) atoms. The average Bonchev–Trinajstić information content (AvgIpc) is 3.35. The Morgan fingerprint density at radius 1 is 1.14 bits per heavy atom. The number of aromatic nitrogens is 4. The number of nitrogens with one attached hydrogen (secondary N) is 3. The third kappa shape index (κ3) is 5.99. The monoisotopic (exact) mass is 649 g/mol. The fourth-order valence-electron chi connectivity index (χ4n) is 8.07. The maximum absolute atomic E-state index is 13.2. The van der Waals surface area contributed by atoms with Gasteiger partial charge in [-0.2, -0.15) is 9.97 Å². The number of aliphatic hydroxyl groups excluding tert-OH is 2. The van der Waals surface area contributed by atoms with Crippen molar-refractivity contribution in [2.45, 2.75) is 75.5 Å². The highest BCUT2D eigenvalue weighted by Crippen LogP contribution is 2.61. The average molecular weight is 650 g/mol. The van der Waals surface area contributed by atoms with Crippen LogP contribution in [-0.2, 0) is 13.9 Å². The molecule has 7 rings (SSSR count). The summed E-state index contributed by atoms with van der Waals surface area (Å²) in [5, 5.41) is 29.1. The number of halogens is 1. The summed E-state index contributed by atoms with van der Waals surface area (Å²) in [5.74, 6) is -0.0476. The van der Waals surface area contributed by atoms with Crippen LogP contribution in [0, 0.1) is 17.3 Å². The number of carbonyl (C=O) groups is 1. The van der Waals surface area contributed by atoms with Crippen LogP contribution in [0.15, 0.2) is 6.33 Å². The fraction of sp³-hybridized carbons (Fsp3) is 0.739. The Morgan fingerprint density at radius 3 is 2.48 bits per heavy atom. The number of aliphatic hydroxyl groups is 2. The number of amides is 2. The van der Waals surface area contributed by atoms with Gasteiger partial charge in [0, 0.05) is 12.1 Å². The standard InChI is InChI=1S/C23H34ClN7O9P2/c1-22-3-11-2-12(4-22)6-23(5-11,8-22)30-21(34)28-17-14-18(29-20(24)27-17)31(9-25-14)19-16(33)15(32)13(40-19)7-26-41(35,36)10-42(37,38)39/h9,11-13,15-16,19,32-33H,2-8,10H2,1H3,(H2,26,35,36)(H2,37,38,39)(H2,27,28,29,30,34)/t11-,12?,13?,15?,16?,19?,22?,23?/m0/s1. The number of hydrogen-bond acceptors (Lipinski definition) is 9. The molecule has 3 heterocycles. The topological polar surface area (TPSA) is 241 Å². The lowest BCUT2D eigenvalue weighted by atomic mass is 9.47. The van der Waals surface area contributed by atoms with Gasteiger partial charge in [0.25, 0.3) is 7.52 Å². The van der Waals surface area contributed by atoms with E-state index in [1.165, 1.54) is 30.2 Å². The number of urea groups is 1. The molecule has 4 saturated carbocycles. The van der Waals surface area contributed by atoms with E-state index in [4.69, 9.17) is 26.1 Å². The molecular weight excluding hydrogens is 616 g/mol. The molecule has 8 unspecified atom stereocenters. The molecular formula is C23H34ClN7O9P2. The first kappa shape index (κ1) is 30.3. The van der Waals surface area contributed by atoms with E-state index in [9.17, 15) is 29.0 Å². The van der Waals surface area contributed by atoms with Gasteiger partial charge in [0.05, 0.1) is 6.33 Å². The second-order valence-electron chi connectivity index (χ2n) is 12.7. The minimum Gasteiger partial charge on any atom is -0.387 e. The molecule has 2 aromatic rings. The summed E-state index contributed by atoms with van der Waals surface area (Å²) >= 11 is 6.19. The van der Waals surface area contributed by atoms with Crippen molar-refractivity contribution >= 4 is 49.7 Å². The van der Waals surface area contributed by atoms with Gasteiger partial charge in [-0.05, 0) is 67.4 Å². The molecule has 9 atom stereocenters. The predicted octanol–water partition coefficient (Wildman–Crippen LogP) is 1.49. The normalized spacial score (nSPS) is 37.2. The number of ether oxygens (including phenoxy) is 1. The van der Waals surface area contributed by atoms with Gasteiger partial charge < -0.3 is 34.9 Å². The number of imidazole rings is 1. The Labute approximate surface area is 245 Å². The molecule has 2 amide bonds. The number of carbonyl (C=O) groups excluding carboxylic acids is 1. The largest absolute Gasteiger partial charge is 0.387 e. The molecule has 4 aliphatic carbocycles. The van der Waals surface area contributed by atoms with E-state index in [0.717, 1.165) is 19.3 Å². The second-order valence-corrected chi connectivity index (χ2v) is 17.2. The smallest absolute Gasteiger partial charge is 0.336 e. The van der Waals surface area contributed by atoms with Crippen LogP contribution in [0.3, 0.4) is 0 Å². The molecule has 0 spiro atoms. The summed E-state index contributed by atoms with van der Waals surface area (Å²) in [7, 11) is -9.27. The molecule has 4 bridgehead atoms. The van der Waals surface area contributed by atoms with Crippen molar-refractivity contribution in [3.63, 3.8) is 0 Å². The van der Waals surface area contributed by atoms with Gasteiger partial charge in [0.15, 0.2) is 23.2 Å². The van der Waals surface area contributed by atoms with Crippen LogP contribution in [0.5, 0.6) is 0 Å². The highest BCUT2D eigenvalue weighted by atomic mass is 35.5. The van der Waals surface area contributed by atoms with Gasteiger partial charge in [-0.1, -0.05) is 6.92 Å². The van der Waals surface area contributed by atoms with Gasteiger partial charge in [-0.15, -0.1) is 0 Å². The van der Waals surface area contributed by atoms with Gasteiger partial charge in [0.1, 0.15) is 24.2 Å². The van der Waals surface area contributed by atoms with E-state index >= 15 is 0 Å². The van der Waals surface area contributed by atoms with Crippen LogP contribution >= 0.6 is 26.7 Å². The SMILES string of the molecule is CC12CC3C[C@@H](C1)CC(NC(=O)Nc1nc(Cl)nc4c1ncn4C1OC(CNP(=O)(O)CP(=O)(O)O)C(O)C1O)(C3)C2. The van der Waals surface area contributed by atoms with E-state index in [0.29, 0.717) is 11.8 Å². The van der Waals surface area contributed by atoms with E-state index in [-0.39, 0.29) is 33.2 Å². The summed E-state index contributed by atoms with van der Waals surface area (Å²) in [6.07, 6.45) is 2.10. The summed E-state index contributed by atoms with van der Waals surface area (Å²) in [5.41, 5.74) is 0.200. The minimum atomic E-state index is -4.80. The molecule has 1 aliphatic heterocycles. The number of hydrogen-bond donors (Lipinski definition) is 8. The molecule has 16 nitrogen and oxygen atoms in total. The van der Waals surface area contributed by atoms with Crippen molar-refractivity contribution in [2.75, 3.05) is 17.8 Å². The quantitative estimate of drug-likeness (QED) is 0.149. The first-order chi connectivity index (χ1) is 19.5. The van der Waals surface area contributed by atoms with Crippen molar-refractivity contribution in [1.82, 2.24) is 29.9 Å². The highest BCUT2D eigenvalue weighted by molar-refractivity contribution is 7.71. The first-order valence-corrected chi connectivity index (χ1v) is 17.7. The van der Waals surface area contributed by atoms with Crippen LogP contribution in [0.4, 0.5) is 10.6 Å². The zero-order valence-electron chi connectivity index (χ0n) is 22.6. The third-order valence-corrected chi connectivity index (χ3v) is 12.7. The third-order valence-electron chi connectivity index (χ3n) is 8.89. The van der Waals surface area contributed by atoms with Crippen LogP contribution in [0.1, 0.15) is 51.7 Å². The van der Waals surface area contributed by atoms with Crippen molar-refractivity contribution in [3.8, 4) is 0 Å². The molecule has 0 radical (unpaired) electrons. The summed E-state index contributed by atoms with van der Waals surface area (Å²) in [4.78, 5) is 53.7. The molecule has 5 fully saturated rings. The van der Waals surface area contributed by atoms with Gasteiger partial charge >= 0.3 is 13.6 Å². The van der Waals surface area contributed by atoms with Gasteiger partial charge in [-0.25, -0.2) is 14.9 Å². The van der Waals surface area contributed by atoms with Crippen LogP contribution in [-0.4, -0.2) is 86.7 Å². The summed E-state index contributed by atoms with van der Waals surface area (Å²) in [6, 6.07) is -0.436. The van der Waals surface area contributed by atoms with E-state index in [1.807, 2.05) is 0 Å². The van der Waals surface area contributed by atoms with E-state index < -0.39 is 58.1 Å². The number of rotatable bonds is 8. The zero-order chi connectivity index (χ0) is 30.2. The maximum atomic E-state index is 13.2. The maximum Gasteiger partial charge on any atom is 0.336 e. The molecule has 2 aromatic heterocycles. The Kier molecular flexibility index (Phi) is 7.54. The molecule has 232 valence electrons. The molecule has 19 heteroatoms. The van der Waals surface area contributed by atoms with Gasteiger partial charge in [0.2, 0.25) is 5.28 Å². The van der Waals surface area contributed by atoms with Crippen LogP contribution in [0.25, 0.3) is 11.2 Å². The predicted molar refractivity (Wildman–Crippen MR) is 149 cm³/mol. The van der Waals surface area contributed by atoms with Crippen molar-refractivity contribution in [1.29, 1.82) is 0 Å².